The Morgan fingerprint density at radius 2 is 2.00 bits per heavy atom. The molecule has 0 amide bonds. The Morgan fingerprint density at radius 1 is 1.19 bits per heavy atom. The molecule has 0 unspecified atom stereocenters. The second-order valence-electron chi connectivity index (χ2n) is 5.03. The van der Waals surface area contributed by atoms with Crippen molar-refractivity contribution in [1.29, 1.82) is 0 Å². The van der Waals surface area contributed by atoms with Gasteiger partial charge in [0.05, 0.1) is 11.9 Å². The van der Waals surface area contributed by atoms with E-state index in [-0.39, 0.29) is 5.56 Å². The van der Waals surface area contributed by atoms with Gasteiger partial charge in [-0.05, 0) is 35.7 Å². The van der Waals surface area contributed by atoms with Gasteiger partial charge in [-0.25, -0.2) is 4.68 Å². The number of fused-ring (bicyclic) bond motifs is 1. The van der Waals surface area contributed by atoms with Crippen LogP contribution in [-0.4, -0.2) is 15.0 Å². The van der Waals surface area contributed by atoms with Gasteiger partial charge in [0, 0.05) is 6.54 Å². The van der Waals surface area contributed by atoms with Crippen molar-refractivity contribution in [3.05, 3.63) is 69.5 Å². The largest absolute Gasteiger partial charge is 0.326 e. The molecule has 5 heteroatoms. The lowest BCUT2D eigenvalue weighted by Gasteiger charge is -2.09. The number of nitrogens with two attached hydrogens (primary N) is 1. The first kappa shape index (κ1) is 13.5. The molecule has 0 atom stereocenters. The minimum atomic E-state index is -0.122. The zero-order valence-corrected chi connectivity index (χ0v) is 11.8. The maximum absolute atomic E-state index is 12.4. The summed E-state index contributed by atoms with van der Waals surface area (Å²) in [5.74, 6) is 0. The van der Waals surface area contributed by atoms with E-state index in [1.807, 2.05) is 37.3 Å². The van der Waals surface area contributed by atoms with Gasteiger partial charge in [0.1, 0.15) is 5.52 Å². The summed E-state index contributed by atoms with van der Waals surface area (Å²) in [7, 11) is 0. The van der Waals surface area contributed by atoms with Crippen molar-refractivity contribution in [1.82, 2.24) is 15.0 Å². The monoisotopic (exact) mass is 280 g/mol. The molecule has 0 fully saturated rings. The molecule has 2 N–H and O–H groups in total. The first-order valence-electron chi connectivity index (χ1n) is 6.80. The molecule has 21 heavy (non-hydrogen) atoms. The molecule has 0 spiro atoms. The smallest absolute Gasteiger partial charge is 0.277 e. The number of hydrogen-bond acceptors (Lipinski definition) is 4. The van der Waals surface area contributed by atoms with Gasteiger partial charge in [0.15, 0.2) is 0 Å². The number of hydrogen-bond donors (Lipinski definition) is 1. The summed E-state index contributed by atoms with van der Waals surface area (Å²) < 4.78 is 1.40. The number of rotatable bonds is 3. The molecule has 0 aliphatic rings. The second kappa shape index (κ2) is 5.46. The number of aromatic nitrogens is 3. The van der Waals surface area contributed by atoms with Gasteiger partial charge in [-0.2, -0.15) is 0 Å². The van der Waals surface area contributed by atoms with E-state index in [0.717, 1.165) is 16.7 Å². The van der Waals surface area contributed by atoms with Crippen LogP contribution in [0, 0.1) is 6.92 Å². The Bertz CT molecular complexity index is 854. The summed E-state index contributed by atoms with van der Waals surface area (Å²) in [6.07, 6.45) is 0. The quantitative estimate of drug-likeness (QED) is 0.791. The predicted octanol–water partition coefficient (Wildman–Crippen LogP) is 1.61. The van der Waals surface area contributed by atoms with Crippen molar-refractivity contribution in [2.45, 2.75) is 20.0 Å². The van der Waals surface area contributed by atoms with Crippen molar-refractivity contribution >= 4 is 10.9 Å². The second-order valence-corrected chi connectivity index (χ2v) is 5.03. The fourth-order valence-corrected chi connectivity index (χ4v) is 2.35. The van der Waals surface area contributed by atoms with Crippen LogP contribution >= 0.6 is 0 Å². The molecule has 106 valence electrons. The molecule has 0 saturated heterocycles. The zero-order valence-electron chi connectivity index (χ0n) is 11.8. The van der Waals surface area contributed by atoms with Crippen LogP contribution in [0.3, 0.4) is 0 Å². The van der Waals surface area contributed by atoms with Crippen molar-refractivity contribution in [2.75, 3.05) is 0 Å². The SMILES string of the molecule is Cc1cc(CN)ccc1Cn1nnc2ccccc2c1=O. The van der Waals surface area contributed by atoms with Crippen LogP contribution in [0.15, 0.2) is 47.3 Å². The van der Waals surface area contributed by atoms with Crippen LogP contribution in [0.1, 0.15) is 16.7 Å². The molecular weight excluding hydrogens is 264 g/mol. The van der Waals surface area contributed by atoms with Crippen LogP contribution in [0.5, 0.6) is 0 Å². The molecule has 3 aromatic rings. The van der Waals surface area contributed by atoms with Crippen LogP contribution in [0.25, 0.3) is 10.9 Å². The average molecular weight is 280 g/mol. The van der Waals surface area contributed by atoms with Gasteiger partial charge in [-0.15, -0.1) is 5.10 Å². The maximum atomic E-state index is 12.4. The number of nitrogens with zero attached hydrogens (tertiary/aromatic N) is 3. The maximum Gasteiger partial charge on any atom is 0.277 e. The van der Waals surface area contributed by atoms with Gasteiger partial charge in [0.2, 0.25) is 0 Å². The third-order valence-corrected chi connectivity index (χ3v) is 3.59. The third kappa shape index (κ3) is 2.55. The van der Waals surface area contributed by atoms with E-state index in [1.54, 1.807) is 12.1 Å². The van der Waals surface area contributed by atoms with E-state index in [0.29, 0.717) is 24.0 Å². The molecular formula is C16H16N4O. The Morgan fingerprint density at radius 3 is 2.76 bits per heavy atom. The van der Waals surface area contributed by atoms with Crippen molar-refractivity contribution in [3.63, 3.8) is 0 Å². The average Bonchev–Trinajstić information content (AvgIpc) is 2.52. The molecule has 5 nitrogen and oxygen atoms in total. The highest BCUT2D eigenvalue weighted by Gasteiger charge is 2.07. The fraction of sp³-hybridized carbons (Fsp3) is 0.188. The highest BCUT2D eigenvalue weighted by Crippen LogP contribution is 2.12. The van der Waals surface area contributed by atoms with E-state index in [4.69, 9.17) is 5.73 Å². The van der Waals surface area contributed by atoms with Crippen LogP contribution in [0.4, 0.5) is 0 Å². The Balaban J connectivity index is 2.02. The highest BCUT2D eigenvalue weighted by molar-refractivity contribution is 5.76. The number of aryl methyl sites for hydroxylation is 1. The standard InChI is InChI=1S/C16H16N4O/c1-11-8-12(9-17)6-7-13(11)10-20-16(21)14-4-2-3-5-15(14)18-19-20/h2-8H,9-10,17H2,1H3. The van der Waals surface area contributed by atoms with E-state index in [2.05, 4.69) is 10.3 Å². The van der Waals surface area contributed by atoms with Crippen LogP contribution < -0.4 is 11.3 Å². The fourth-order valence-electron chi connectivity index (χ4n) is 2.35. The summed E-state index contributed by atoms with van der Waals surface area (Å²) in [6, 6.07) is 13.2. The molecule has 0 saturated carbocycles. The van der Waals surface area contributed by atoms with Gasteiger partial charge >= 0.3 is 0 Å². The number of benzene rings is 2. The Hall–Kier alpha value is -2.53. The summed E-state index contributed by atoms with van der Waals surface area (Å²) in [4.78, 5) is 12.4. The van der Waals surface area contributed by atoms with Gasteiger partial charge in [-0.3, -0.25) is 4.79 Å². The van der Waals surface area contributed by atoms with Crippen molar-refractivity contribution < 1.29 is 0 Å². The van der Waals surface area contributed by atoms with Gasteiger partial charge in [-0.1, -0.05) is 35.5 Å². The lowest BCUT2D eigenvalue weighted by Crippen LogP contribution is -2.25. The Kier molecular flexibility index (Phi) is 3.50. The van der Waals surface area contributed by atoms with E-state index in [9.17, 15) is 4.79 Å². The van der Waals surface area contributed by atoms with Crippen LogP contribution in [-0.2, 0) is 13.1 Å². The lowest BCUT2D eigenvalue weighted by molar-refractivity contribution is 0.599. The van der Waals surface area contributed by atoms with Gasteiger partial charge < -0.3 is 5.73 Å². The Labute approximate surface area is 122 Å². The summed E-state index contributed by atoms with van der Waals surface area (Å²) in [6.45, 7) is 2.93. The van der Waals surface area contributed by atoms with E-state index < -0.39 is 0 Å². The van der Waals surface area contributed by atoms with Gasteiger partial charge in [0.25, 0.3) is 5.56 Å². The summed E-state index contributed by atoms with van der Waals surface area (Å²) in [5, 5.41) is 8.70. The van der Waals surface area contributed by atoms with Crippen molar-refractivity contribution in [3.8, 4) is 0 Å². The minimum Gasteiger partial charge on any atom is -0.326 e. The molecule has 1 heterocycles. The predicted molar refractivity (Wildman–Crippen MR) is 82.0 cm³/mol. The highest BCUT2D eigenvalue weighted by atomic mass is 16.1. The molecule has 1 aromatic heterocycles. The molecule has 0 bridgehead atoms. The van der Waals surface area contributed by atoms with E-state index >= 15 is 0 Å². The summed E-state index contributed by atoms with van der Waals surface area (Å²) in [5.41, 5.74) is 9.34. The topological polar surface area (TPSA) is 73.8 Å². The zero-order chi connectivity index (χ0) is 14.8. The molecule has 2 aromatic carbocycles. The molecule has 0 aliphatic carbocycles. The first-order chi connectivity index (χ1) is 10.2. The third-order valence-electron chi connectivity index (χ3n) is 3.59. The lowest BCUT2D eigenvalue weighted by atomic mass is 10.1. The molecule has 3 rings (SSSR count). The van der Waals surface area contributed by atoms with E-state index in [1.165, 1.54) is 4.68 Å². The normalized spacial score (nSPS) is 11.0. The molecule has 0 radical (unpaired) electrons. The summed E-state index contributed by atoms with van der Waals surface area (Å²) >= 11 is 0. The first-order valence-corrected chi connectivity index (χ1v) is 6.80. The van der Waals surface area contributed by atoms with Crippen LogP contribution in [0.2, 0.25) is 0 Å². The van der Waals surface area contributed by atoms with Crippen molar-refractivity contribution in [2.24, 2.45) is 5.73 Å². The molecule has 0 aliphatic heterocycles. The minimum absolute atomic E-state index is 0.122.